The van der Waals surface area contributed by atoms with E-state index in [1.807, 2.05) is 37.3 Å². The van der Waals surface area contributed by atoms with E-state index in [4.69, 9.17) is 4.42 Å². The van der Waals surface area contributed by atoms with Crippen LogP contribution in [0.15, 0.2) is 82.2 Å². The maximum atomic E-state index is 13.2. The quantitative estimate of drug-likeness (QED) is 0.451. The third-order valence-corrected chi connectivity index (χ3v) is 7.04. The number of nitrogens with one attached hydrogen (secondary N) is 1. The zero-order chi connectivity index (χ0) is 23.6. The van der Waals surface area contributed by atoms with Gasteiger partial charge in [-0.25, -0.2) is 17.4 Å². The van der Waals surface area contributed by atoms with E-state index in [0.29, 0.717) is 28.3 Å². The van der Waals surface area contributed by atoms with Gasteiger partial charge in [0.05, 0.1) is 16.1 Å². The van der Waals surface area contributed by atoms with E-state index in [0.717, 1.165) is 9.99 Å². The van der Waals surface area contributed by atoms with Crippen LogP contribution in [-0.2, 0) is 16.6 Å². The van der Waals surface area contributed by atoms with Crippen LogP contribution in [0.1, 0.15) is 21.7 Å². The third kappa shape index (κ3) is 4.59. The third-order valence-electron chi connectivity index (χ3n) is 5.12. The number of carbonyl (C=O) groups excluding carboxylic acids is 1. The molecule has 9 heteroatoms. The van der Waals surface area contributed by atoms with Crippen LogP contribution in [0.5, 0.6) is 0 Å². The number of aromatic nitrogens is 2. The molecule has 8 nitrogen and oxygen atoms in total. The Bertz CT molecular complexity index is 1390. The predicted molar refractivity (Wildman–Crippen MR) is 124 cm³/mol. The van der Waals surface area contributed by atoms with Crippen molar-refractivity contribution in [3.63, 3.8) is 0 Å². The minimum atomic E-state index is -3.65. The maximum Gasteiger partial charge on any atom is 0.255 e. The lowest BCUT2D eigenvalue weighted by atomic mass is 10.2. The molecule has 0 aliphatic carbocycles. The van der Waals surface area contributed by atoms with Gasteiger partial charge < -0.3 is 9.73 Å². The average Bonchev–Trinajstić information content (AvgIpc) is 3.44. The van der Waals surface area contributed by atoms with Crippen LogP contribution in [0.25, 0.3) is 17.1 Å². The number of para-hydroxylation sites is 1. The molecule has 0 radical (unpaired) electrons. The summed E-state index contributed by atoms with van der Waals surface area (Å²) in [6.07, 6.45) is 1.64. The van der Waals surface area contributed by atoms with Crippen LogP contribution in [0, 0.1) is 6.92 Å². The lowest BCUT2D eigenvalue weighted by molar-refractivity contribution is 0.0951. The van der Waals surface area contributed by atoms with Gasteiger partial charge in [-0.05, 0) is 42.8 Å². The predicted octanol–water partition coefficient (Wildman–Crippen LogP) is 3.62. The van der Waals surface area contributed by atoms with E-state index in [-0.39, 0.29) is 11.4 Å². The van der Waals surface area contributed by atoms with E-state index in [9.17, 15) is 13.2 Å². The number of nitrogens with zero attached hydrogens (tertiary/aromatic N) is 3. The van der Waals surface area contributed by atoms with Gasteiger partial charge in [0, 0.05) is 26.8 Å². The summed E-state index contributed by atoms with van der Waals surface area (Å²) in [5.74, 6) is 0.787. The molecule has 4 aromatic rings. The summed E-state index contributed by atoms with van der Waals surface area (Å²) < 4.78 is 33.8. The Morgan fingerprint density at radius 3 is 2.39 bits per heavy atom. The summed E-state index contributed by atoms with van der Waals surface area (Å²) >= 11 is 0. The van der Waals surface area contributed by atoms with Gasteiger partial charge in [-0.1, -0.05) is 36.4 Å². The van der Waals surface area contributed by atoms with Crippen molar-refractivity contribution in [1.82, 2.24) is 19.4 Å². The van der Waals surface area contributed by atoms with Crippen molar-refractivity contribution in [3.05, 3.63) is 89.8 Å². The first kappa shape index (κ1) is 22.5. The standard InChI is InChI=1S/C24H24N4O4S/c1-17-13-14-21(32-17)23-20(16-28(26-23)19-10-5-4-6-11-19)24(29)25-15-18-9-7-8-12-22(18)33(30,31)27(2)3/h4-14,16H,15H2,1-3H3,(H,25,29). The second-order valence-electron chi connectivity index (χ2n) is 7.66. The van der Waals surface area contributed by atoms with Gasteiger partial charge in [0.25, 0.3) is 5.91 Å². The number of hydrogen-bond donors (Lipinski definition) is 1. The van der Waals surface area contributed by atoms with Gasteiger partial charge in [0.2, 0.25) is 10.0 Å². The maximum absolute atomic E-state index is 13.2. The summed E-state index contributed by atoms with van der Waals surface area (Å²) in [6.45, 7) is 1.86. The van der Waals surface area contributed by atoms with Crippen molar-refractivity contribution in [2.24, 2.45) is 0 Å². The Labute approximate surface area is 192 Å². The molecular formula is C24H24N4O4S. The Morgan fingerprint density at radius 1 is 1.03 bits per heavy atom. The van der Waals surface area contributed by atoms with Crippen LogP contribution in [0.2, 0.25) is 0 Å². The first-order valence-corrected chi connectivity index (χ1v) is 11.7. The Morgan fingerprint density at radius 2 is 1.73 bits per heavy atom. The minimum Gasteiger partial charge on any atom is -0.460 e. The number of amides is 1. The van der Waals surface area contributed by atoms with Crippen molar-refractivity contribution in [1.29, 1.82) is 0 Å². The topological polar surface area (TPSA) is 97.4 Å². The number of hydrogen-bond acceptors (Lipinski definition) is 5. The van der Waals surface area contributed by atoms with Crippen LogP contribution < -0.4 is 5.32 Å². The summed E-state index contributed by atoms with van der Waals surface area (Å²) in [6, 6.07) is 19.6. The normalized spacial score (nSPS) is 11.6. The fraction of sp³-hybridized carbons (Fsp3) is 0.167. The minimum absolute atomic E-state index is 0.0369. The summed E-state index contributed by atoms with van der Waals surface area (Å²) in [7, 11) is -0.705. The van der Waals surface area contributed by atoms with Crippen molar-refractivity contribution >= 4 is 15.9 Å². The lowest BCUT2D eigenvalue weighted by Crippen LogP contribution is -2.27. The van der Waals surface area contributed by atoms with Crippen molar-refractivity contribution < 1.29 is 17.6 Å². The molecule has 0 aliphatic rings. The fourth-order valence-corrected chi connectivity index (χ4v) is 4.48. The SMILES string of the molecule is Cc1ccc(-c2nn(-c3ccccc3)cc2C(=O)NCc2ccccc2S(=O)(=O)N(C)C)o1. The molecule has 33 heavy (non-hydrogen) atoms. The second kappa shape index (κ2) is 9.05. The highest BCUT2D eigenvalue weighted by atomic mass is 32.2. The Hall–Kier alpha value is -3.69. The molecule has 1 amide bonds. The van der Waals surface area contributed by atoms with Crippen LogP contribution in [-0.4, -0.2) is 42.5 Å². The monoisotopic (exact) mass is 464 g/mol. The molecule has 2 heterocycles. The van der Waals surface area contributed by atoms with Gasteiger partial charge in [-0.15, -0.1) is 0 Å². The van der Waals surface area contributed by atoms with Crippen LogP contribution in [0.3, 0.4) is 0 Å². The second-order valence-corrected chi connectivity index (χ2v) is 9.78. The zero-order valence-corrected chi connectivity index (χ0v) is 19.3. The van der Waals surface area contributed by atoms with Crippen LogP contribution in [0.4, 0.5) is 0 Å². The van der Waals surface area contributed by atoms with Crippen LogP contribution >= 0.6 is 0 Å². The molecule has 2 aromatic heterocycles. The highest BCUT2D eigenvalue weighted by Gasteiger charge is 2.23. The first-order valence-electron chi connectivity index (χ1n) is 10.3. The van der Waals surface area contributed by atoms with E-state index in [1.165, 1.54) is 20.2 Å². The van der Waals surface area contributed by atoms with E-state index in [2.05, 4.69) is 10.4 Å². The molecule has 0 saturated carbocycles. The van der Waals surface area contributed by atoms with Gasteiger partial charge in [-0.2, -0.15) is 5.10 Å². The van der Waals surface area contributed by atoms with Gasteiger partial charge in [-0.3, -0.25) is 4.79 Å². The number of furan rings is 1. The molecule has 4 rings (SSSR count). The molecule has 170 valence electrons. The molecule has 1 N–H and O–H groups in total. The fourth-order valence-electron chi connectivity index (χ4n) is 3.37. The van der Waals surface area contributed by atoms with Crippen molar-refractivity contribution in [3.8, 4) is 17.1 Å². The molecule has 2 aromatic carbocycles. The van der Waals surface area contributed by atoms with Crippen molar-refractivity contribution in [2.75, 3.05) is 14.1 Å². The zero-order valence-electron chi connectivity index (χ0n) is 18.5. The van der Waals surface area contributed by atoms with E-state index >= 15 is 0 Å². The average molecular weight is 465 g/mol. The number of sulfonamides is 1. The van der Waals surface area contributed by atoms with Crippen molar-refractivity contribution in [2.45, 2.75) is 18.4 Å². The number of benzene rings is 2. The summed E-state index contributed by atoms with van der Waals surface area (Å²) in [5, 5.41) is 7.41. The molecule has 0 bridgehead atoms. The molecule has 0 atom stereocenters. The largest absolute Gasteiger partial charge is 0.460 e. The van der Waals surface area contributed by atoms with Gasteiger partial charge in [0.15, 0.2) is 5.76 Å². The molecule has 0 unspecified atom stereocenters. The summed E-state index contributed by atoms with van der Waals surface area (Å²) in [5.41, 5.74) is 2.01. The number of aryl methyl sites for hydroxylation is 1. The van der Waals surface area contributed by atoms with E-state index in [1.54, 1.807) is 41.2 Å². The Kier molecular flexibility index (Phi) is 6.17. The Balaban J connectivity index is 1.66. The van der Waals surface area contributed by atoms with Gasteiger partial charge >= 0.3 is 0 Å². The van der Waals surface area contributed by atoms with Gasteiger partial charge in [0.1, 0.15) is 11.5 Å². The molecule has 0 fully saturated rings. The molecule has 0 spiro atoms. The highest BCUT2D eigenvalue weighted by Crippen LogP contribution is 2.26. The molecule has 0 aliphatic heterocycles. The number of rotatable bonds is 7. The molecule has 0 saturated heterocycles. The molecular weight excluding hydrogens is 440 g/mol. The number of carbonyl (C=O) groups is 1. The smallest absolute Gasteiger partial charge is 0.255 e. The first-order chi connectivity index (χ1) is 15.8. The lowest BCUT2D eigenvalue weighted by Gasteiger charge is -2.15. The highest BCUT2D eigenvalue weighted by molar-refractivity contribution is 7.89. The summed E-state index contributed by atoms with van der Waals surface area (Å²) in [4.78, 5) is 13.3. The van der Waals surface area contributed by atoms with E-state index < -0.39 is 15.9 Å².